The molecule has 0 fully saturated rings. The first-order chi connectivity index (χ1) is 15.7. The van der Waals surface area contributed by atoms with Crippen molar-refractivity contribution in [2.75, 3.05) is 14.2 Å². The molecule has 0 radical (unpaired) electrons. The summed E-state index contributed by atoms with van der Waals surface area (Å²) in [7, 11) is 1.67. The molecule has 0 saturated heterocycles. The molecule has 188 valence electrons. The Kier molecular flexibility index (Phi) is 10.4. The van der Waals surface area contributed by atoms with Gasteiger partial charge in [-0.25, -0.2) is 0 Å². The lowest BCUT2D eigenvalue weighted by Gasteiger charge is -2.46. The molecule has 1 aromatic carbocycles. The standard InChI is InChI=1S/C28H48O4Si/c1-9-13-14-15-21-18-25(30-7)27(26(19-21)31-8)23-20-22(29)16-17-24(23)28(5,6)32-33(10-2,11-3)12-4/h18-20,23-24,29H,9-17H2,1-8H3/t23-,24-/m1/s1. The van der Waals surface area contributed by atoms with Crippen molar-refractivity contribution in [2.24, 2.45) is 5.92 Å². The lowest BCUT2D eigenvalue weighted by molar-refractivity contribution is 0.0157. The summed E-state index contributed by atoms with van der Waals surface area (Å²) in [5.74, 6) is 2.35. The van der Waals surface area contributed by atoms with E-state index >= 15 is 0 Å². The minimum Gasteiger partial charge on any atom is -0.513 e. The van der Waals surface area contributed by atoms with Crippen LogP contribution in [0.1, 0.15) is 90.7 Å². The SMILES string of the molecule is CCCCCc1cc(OC)c([C@@H]2C=C(O)CC[C@H]2C(C)(C)O[Si](CC)(CC)CC)c(OC)c1. The van der Waals surface area contributed by atoms with E-state index < -0.39 is 8.32 Å². The molecule has 33 heavy (non-hydrogen) atoms. The van der Waals surface area contributed by atoms with Crippen LogP contribution in [0.4, 0.5) is 0 Å². The molecule has 0 aromatic heterocycles. The molecule has 1 aliphatic carbocycles. The van der Waals surface area contributed by atoms with Crippen LogP contribution in [-0.4, -0.2) is 33.2 Å². The van der Waals surface area contributed by atoms with E-state index in [1.165, 1.54) is 18.4 Å². The van der Waals surface area contributed by atoms with Gasteiger partial charge in [-0.1, -0.05) is 40.5 Å². The second kappa shape index (κ2) is 12.3. The number of rotatable bonds is 13. The minimum atomic E-state index is -1.80. The number of allylic oxidation sites excluding steroid dienone is 2. The summed E-state index contributed by atoms with van der Waals surface area (Å²) in [6, 6.07) is 7.71. The summed E-state index contributed by atoms with van der Waals surface area (Å²) < 4.78 is 18.9. The molecule has 0 bridgehead atoms. The Morgan fingerprint density at radius 2 is 1.55 bits per heavy atom. The Morgan fingerprint density at radius 3 is 2.03 bits per heavy atom. The number of unbranched alkanes of at least 4 members (excludes halogenated alkanes) is 2. The highest BCUT2D eigenvalue weighted by Crippen LogP contribution is 2.50. The zero-order valence-corrected chi connectivity index (χ0v) is 23.4. The van der Waals surface area contributed by atoms with Crippen LogP contribution in [0.25, 0.3) is 0 Å². The molecule has 0 aliphatic heterocycles. The van der Waals surface area contributed by atoms with E-state index in [-0.39, 0.29) is 17.4 Å². The predicted octanol–water partition coefficient (Wildman–Crippen LogP) is 8.17. The highest BCUT2D eigenvalue weighted by molar-refractivity contribution is 6.73. The molecule has 2 rings (SSSR count). The largest absolute Gasteiger partial charge is 0.513 e. The second-order valence-corrected chi connectivity index (χ2v) is 14.8. The Morgan fingerprint density at radius 1 is 0.970 bits per heavy atom. The van der Waals surface area contributed by atoms with Crippen LogP contribution >= 0.6 is 0 Å². The van der Waals surface area contributed by atoms with Crippen molar-refractivity contribution in [3.63, 3.8) is 0 Å². The van der Waals surface area contributed by atoms with E-state index in [1.54, 1.807) is 14.2 Å². The zero-order chi connectivity index (χ0) is 24.6. The van der Waals surface area contributed by atoms with Crippen molar-refractivity contribution in [1.82, 2.24) is 0 Å². The molecule has 4 nitrogen and oxygen atoms in total. The fraction of sp³-hybridized carbons (Fsp3) is 0.714. The number of hydrogen-bond donors (Lipinski definition) is 1. The average Bonchev–Trinajstić information content (AvgIpc) is 2.81. The lowest BCUT2D eigenvalue weighted by Crippen LogP contribution is -2.49. The maximum absolute atomic E-state index is 10.6. The van der Waals surface area contributed by atoms with Gasteiger partial charge in [0.1, 0.15) is 11.5 Å². The first-order valence-corrected chi connectivity index (χ1v) is 15.6. The smallest absolute Gasteiger partial charge is 0.192 e. The first kappa shape index (κ1) is 27.8. The molecule has 0 heterocycles. The maximum Gasteiger partial charge on any atom is 0.192 e. The second-order valence-electron chi connectivity index (χ2n) is 10.1. The summed E-state index contributed by atoms with van der Waals surface area (Å²) in [5.41, 5.74) is 1.96. The quantitative estimate of drug-likeness (QED) is 0.230. The molecule has 5 heteroatoms. The van der Waals surface area contributed by atoms with Crippen LogP contribution in [0.2, 0.25) is 18.1 Å². The Balaban J connectivity index is 2.53. The Labute approximate surface area is 203 Å². The van der Waals surface area contributed by atoms with Gasteiger partial charge in [-0.15, -0.1) is 0 Å². The molecule has 1 aliphatic rings. The van der Waals surface area contributed by atoms with Gasteiger partial charge in [0.25, 0.3) is 0 Å². The average molecular weight is 477 g/mol. The van der Waals surface area contributed by atoms with Crippen LogP contribution < -0.4 is 9.47 Å². The number of hydrogen-bond acceptors (Lipinski definition) is 4. The molecule has 0 amide bonds. The van der Waals surface area contributed by atoms with Crippen molar-refractivity contribution in [3.8, 4) is 11.5 Å². The molecular formula is C28H48O4Si. The van der Waals surface area contributed by atoms with Gasteiger partial charge >= 0.3 is 0 Å². The molecule has 0 unspecified atom stereocenters. The fourth-order valence-electron chi connectivity index (χ4n) is 5.60. The molecule has 2 atom stereocenters. The summed E-state index contributed by atoms with van der Waals surface area (Å²) in [6.45, 7) is 13.6. The van der Waals surface area contributed by atoms with Gasteiger partial charge in [0.15, 0.2) is 8.32 Å². The number of methoxy groups -OCH3 is 2. The number of benzene rings is 1. The fourth-order valence-corrected chi connectivity index (χ4v) is 8.80. The number of aliphatic hydroxyl groups excluding tert-OH is 1. The third-order valence-electron chi connectivity index (χ3n) is 7.83. The molecule has 1 aromatic rings. The van der Waals surface area contributed by atoms with Crippen LogP contribution in [0.15, 0.2) is 24.0 Å². The van der Waals surface area contributed by atoms with Crippen LogP contribution in [0, 0.1) is 5.92 Å². The van der Waals surface area contributed by atoms with Gasteiger partial charge in [-0.3, -0.25) is 0 Å². The van der Waals surface area contributed by atoms with Gasteiger partial charge in [-0.2, -0.15) is 0 Å². The van der Waals surface area contributed by atoms with E-state index in [0.717, 1.165) is 54.5 Å². The highest BCUT2D eigenvalue weighted by atomic mass is 28.4. The maximum atomic E-state index is 10.6. The van der Waals surface area contributed by atoms with Crippen LogP contribution in [-0.2, 0) is 10.8 Å². The number of aliphatic hydroxyl groups is 1. The highest BCUT2D eigenvalue weighted by Gasteiger charge is 2.45. The van der Waals surface area contributed by atoms with Crippen molar-refractivity contribution >= 4 is 8.32 Å². The summed E-state index contributed by atoms with van der Waals surface area (Å²) >= 11 is 0. The summed E-state index contributed by atoms with van der Waals surface area (Å²) in [6.07, 6.45) is 8.18. The minimum absolute atomic E-state index is 0.0272. The van der Waals surface area contributed by atoms with Gasteiger partial charge in [0.2, 0.25) is 0 Å². The normalized spacial score (nSPS) is 19.3. The Hall–Kier alpha value is -1.46. The molecule has 0 saturated carbocycles. The lowest BCUT2D eigenvalue weighted by atomic mass is 9.70. The molecular weight excluding hydrogens is 428 g/mol. The predicted molar refractivity (Wildman–Crippen MR) is 141 cm³/mol. The van der Waals surface area contributed by atoms with E-state index in [9.17, 15) is 5.11 Å². The van der Waals surface area contributed by atoms with Crippen molar-refractivity contribution < 1.29 is 19.0 Å². The monoisotopic (exact) mass is 476 g/mol. The van der Waals surface area contributed by atoms with E-state index in [2.05, 4.69) is 53.7 Å². The third-order valence-corrected chi connectivity index (χ3v) is 12.7. The van der Waals surface area contributed by atoms with Crippen LogP contribution in [0.3, 0.4) is 0 Å². The topological polar surface area (TPSA) is 47.9 Å². The van der Waals surface area contributed by atoms with Crippen molar-refractivity contribution in [1.29, 1.82) is 0 Å². The number of aryl methyl sites for hydroxylation is 1. The van der Waals surface area contributed by atoms with Crippen molar-refractivity contribution in [3.05, 3.63) is 35.1 Å². The Bertz CT molecular complexity index is 749. The third kappa shape index (κ3) is 6.57. The van der Waals surface area contributed by atoms with Gasteiger partial charge < -0.3 is 19.0 Å². The van der Waals surface area contributed by atoms with E-state index in [1.807, 2.05) is 6.08 Å². The summed E-state index contributed by atoms with van der Waals surface area (Å²) in [4.78, 5) is 0. The molecule has 0 spiro atoms. The van der Waals surface area contributed by atoms with E-state index in [0.29, 0.717) is 12.2 Å². The van der Waals surface area contributed by atoms with E-state index in [4.69, 9.17) is 13.9 Å². The number of ether oxygens (including phenoxy) is 2. The molecule has 1 N–H and O–H groups in total. The zero-order valence-electron chi connectivity index (χ0n) is 22.4. The van der Waals surface area contributed by atoms with Gasteiger partial charge in [0.05, 0.1) is 25.6 Å². The van der Waals surface area contributed by atoms with Crippen LogP contribution in [0.5, 0.6) is 11.5 Å². The summed E-state index contributed by atoms with van der Waals surface area (Å²) in [5, 5.41) is 10.6. The first-order valence-electron chi connectivity index (χ1n) is 13.0. The van der Waals surface area contributed by atoms with Crippen molar-refractivity contribution in [2.45, 2.75) is 110 Å². The van der Waals surface area contributed by atoms with Gasteiger partial charge in [-0.05, 0) is 80.9 Å². The van der Waals surface area contributed by atoms with Gasteiger partial charge in [0, 0.05) is 17.9 Å².